The average Bonchev–Trinajstić information content (AvgIpc) is 2.32. The van der Waals surface area contributed by atoms with E-state index in [1.54, 1.807) is 0 Å². The Morgan fingerprint density at radius 2 is 1.89 bits per heavy atom. The van der Waals surface area contributed by atoms with Crippen molar-refractivity contribution in [3.8, 4) is 0 Å². The van der Waals surface area contributed by atoms with Gasteiger partial charge in [-0.15, -0.1) is 0 Å². The number of carbonyl (C=O) groups is 1. The lowest BCUT2D eigenvalue weighted by molar-refractivity contribution is -0.123. The maximum Gasteiger partial charge on any atom is 0.234 e. The average molecular weight is 257 g/mol. The maximum atomic E-state index is 11.9. The predicted octanol–water partition coefficient (Wildman–Crippen LogP) is 1.60. The summed E-state index contributed by atoms with van der Waals surface area (Å²) in [6, 6.07) is 0.313. The van der Waals surface area contributed by atoms with Crippen LogP contribution in [0, 0.1) is 5.92 Å². The molecule has 1 amide bonds. The van der Waals surface area contributed by atoms with Crippen LogP contribution in [0.25, 0.3) is 0 Å². The number of nitrogens with two attached hydrogens (primary N) is 1. The Labute approximate surface area is 112 Å². The zero-order chi connectivity index (χ0) is 14.0. The first-order chi connectivity index (χ1) is 8.53. The van der Waals surface area contributed by atoms with Crippen LogP contribution in [0.4, 0.5) is 0 Å². The van der Waals surface area contributed by atoms with Gasteiger partial charge < -0.3 is 11.1 Å². The first-order valence-electron chi connectivity index (χ1n) is 7.25. The number of hydrogen-bond donors (Lipinski definition) is 2. The molecule has 0 aliphatic carbocycles. The van der Waals surface area contributed by atoms with Gasteiger partial charge in [-0.1, -0.05) is 27.7 Å². The minimum atomic E-state index is 0.140. The molecule has 0 radical (unpaired) electrons. The van der Waals surface area contributed by atoms with Crippen LogP contribution in [0.2, 0.25) is 0 Å². The van der Waals surface area contributed by atoms with E-state index in [0.717, 1.165) is 32.4 Å². The molecule has 0 rings (SSSR count). The zero-order valence-electron chi connectivity index (χ0n) is 12.5. The Morgan fingerprint density at radius 3 is 2.33 bits per heavy atom. The minimum absolute atomic E-state index is 0.140. The van der Waals surface area contributed by atoms with Gasteiger partial charge in [-0.25, -0.2) is 0 Å². The van der Waals surface area contributed by atoms with Crippen molar-refractivity contribution in [3.05, 3.63) is 0 Å². The van der Waals surface area contributed by atoms with Gasteiger partial charge in [0.15, 0.2) is 0 Å². The summed E-state index contributed by atoms with van der Waals surface area (Å²) in [6.07, 6.45) is 2.94. The van der Waals surface area contributed by atoms with E-state index in [1.807, 2.05) is 0 Å². The predicted molar refractivity (Wildman–Crippen MR) is 77.5 cm³/mol. The van der Waals surface area contributed by atoms with E-state index < -0.39 is 0 Å². The van der Waals surface area contributed by atoms with Gasteiger partial charge in [0.05, 0.1) is 6.54 Å². The molecule has 4 heteroatoms. The van der Waals surface area contributed by atoms with Crippen LogP contribution >= 0.6 is 0 Å². The van der Waals surface area contributed by atoms with Crippen molar-refractivity contribution < 1.29 is 4.79 Å². The van der Waals surface area contributed by atoms with E-state index in [0.29, 0.717) is 25.0 Å². The molecular formula is C14H31N3O. The fourth-order valence-electron chi connectivity index (χ4n) is 2.04. The fourth-order valence-corrected chi connectivity index (χ4v) is 2.04. The third-order valence-corrected chi connectivity index (χ3v) is 3.02. The van der Waals surface area contributed by atoms with E-state index in [-0.39, 0.29) is 5.91 Å². The summed E-state index contributed by atoms with van der Waals surface area (Å²) in [6.45, 7) is 11.6. The van der Waals surface area contributed by atoms with Crippen molar-refractivity contribution in [1.29, 1.82) is 0 Å². The van der Waals surface area contributed by atoms with Crippen LogP contribution in [0.15, 0.2) is 0 Å². The lowest BCUT2D eigenvalue weighted by atomic mass is 10.1. The third-order valence-electron chi connectivity index (χ3n) is 3.02. The van der Waals surface area contributed by atoms with E-state index >= 15 is 0 Å². The van der Waals surface area contributed by atoms with Gasteiger partial charge in [-0.3, -0.25) is 9.69 Å². The number of carbonyl (C=O) groups excluding carboxylic acids is 1. The second-order valence-corrected chi connectivity index (χ2v) is 5.35. The largest absolute Gasteiger partial charge is 0.352 e. The zero-order valence-corrected chi connectivity index (χ0v) is 12.5. The quantitative estimate of drug-likeness (QED) is 0.625. The second-order valence-electron chi connectivity index (χ2n) is 5.35. The van der Waals surface area contributed by atoms with Gasteiger partial charge in [-0.05, 0) is 38.3 Å². The minimum Gasteiger partial charge on any atom is -0.352 e. The molecule has 0 spiro atoms. The normalized spacial score (nSPS) is 11.6. The first kappa shape index (κ1) is 17.4. The topological polar surface area (TPSA) is 58.4 Å². The smallest absolute Gasteiger partial charge is 0.234 e. The lowest BCUT2D eigenvalue weighted by Crippen LogP contribution is -2.43. The van der Waals surface area contributed by atoms with Crippen molar-refractivity contribution in [2.75, 3.05) is 26.2 Å². The monoisotopic (exact) mass is 257 g/mol. The van der Waals surface area contributed by atoms with Crippen LogP contribution in [0.3, 0.4) is 0 Å². The Bertz CT molecular complexity index is 215. The van der Waals surface area contributed by atoms with Gasteiger partial charge in [-0.2, -0.15) is 0 Å². The van der Waals surface area contributed by atoms with Crippen molar-refractivity contribution in [1.82, 2.24) is 10.2 Å². The molecule has 0 heterocycles. The number of hydrogen-bond acceptors (Lipinski definition) is 3. The van der Waals surface area contributed by atoms with E-state index in [9.17, 15) is 4.79 Å². The van der Waals surface area contributed by atoms with Crippen molar-refractivity contribution in [3.63, 3.8) is 0 Å². The molecule has 0 saturated heterocycles. The van der Waals surface area contributed by atoms with Gasteiger partial charge in [0, 0.05) is 12.6 Å². The number of amides is 1. The van der Waals surface area contributed by atoms with Gasteiger partial charge >= 0.3 is 0 Å². The number of rotatable bonds is 10. The number of nitrogens with one attached hydrogen (secondary N) is 1. The third kappa shape index (κ3) is 8.48. The van der Waals surface area contributed by atoms with Gasteiger partial charge in [0.25, 0.3) is 0 Å². The van der Waals surface area contributed by atoms with Gasteiger partial charge in [0.1, 0.15) is 0 Å². The highest BCUT2D eigenvalue weighted by Gasteiger charge is 2.14. The van der Waals surface area contributed by atoms with Crippen molar-refractivity contribution in [2.24, 2.45) is 11.7 Å². The molecule has 3 N–H and O–H groups in total. The molecule has 0 fully saturated rings. The summed E-state index contributed by atoms with van der Waals surface area (Å²) < 4.78 is 0. The first-order valence-corrected chi connectivity index (χ1v) is 7.25. The highest BCUT2D eigenvalue weighted by molar-refractivity contribution is 5.78. The second kappa shape index (κ2) is 10.3. The van der Waals surface area contributed by atoms with Crippen molar-refractivity contribution >= 4 is 5.91 Å². The van der Waals surface area contributed by atoms with Crippen LogP contribution in [0.1, 0.15) is 47.0 Å². The molecule has 0 aliphatic rings. The lowest BCUT2D eigenvalue weighted by Gasteiger charge is -2.24. The Morgan fingerprint density at radius 1 is 1.28 bits per heavy atom. The van der Waals surface area contributed by atoms with E-state index in [2.05, 4.69) is 37.9 Å². The molecular weight excluding hydrogens is 226 g/mol. The Balaban J connectivity index is 4.15. The Kier molecular flexibility index (Phi) is 9.98. The van der Waals surface area contributed by atoms with Crippen LogP contribution < -0.4 is 11.1 Å². The summed E-state index contributed by atoms with van der Waals surface area (Å²) in [5.41, 5.74) is 5.53. The molecule has 108 valence electrons. The van der Waals surface area contributed by atoms with E-state index in [4.69, 9.17) is 5.73 Å². The summed E-state index contributed by atoms with van der Waals surface area (Å²) in [5.74, 6) is 0.713. The maximum absolute atomic E-state index is 11.9. The van der Waals surface area contributed by atoms with E-state index in [1.165, 1.54) is 0 Å². The molecule has 0 bridgehead atoms. The SMILES string of the molecule is CCC(CC)NC(=O)CN(CCCN)CC(C)C. The molecule has 0 atom stereocenters. The van der Waals surface area contributed by atoms with Crippen LogP contribution in [0.5, 0.6) is 0 Å². The summed E-state index contributed by atoms with van der Waals surface area (Å²) in [4.78, 5) is 14.1. The van der Waals surface area contributed by atoms with Crippen molar-refractivity contribution in [2.45, 2.75) is 53.0 Å². The molecule has 0 unspecified atom stereocenters. The highest BCUT2D eigenvalue weighted by Crippen LogP contribution is 2.01. The molecule has 0 aromatic heterocycles. The highest BCUT2D eigenvalue weighted by atomic mass is 16.2. The van der Waals surface area contributed by atoms with Crippen LogP contribution in [-0.2, 0) is 4.79 Å². The standard InChI is InChI=1S/C14H31N3O/c1-5-13(6-2)16-14(18)11-17(9-7-8-15)10-12(3)4/h12-13H,5-11,15H2,1-4H3,(H,16,18). The molecule has 18 heavy (non-hydrogen) atoms. The molecule has 0 aromatic rings. The molecule has 0 saturated carbocycles. The molecule has 0 aromatic carbocycles. The summed E-state index contributed by atoms with van der Waals surface area (Å²) in [7, 11) is 0. The van der Waals surface area contributed by atoms with Gasteiger partial charge in [0.2, 0.25) is 5.91 Å². The fraction of sp³-hybridized carbons (Fsp3) is 0.929. The summed E-state index contributed by atoms with van der Waals surface area (Å²) >= 11 is 0. The molecule has 4 nitrogen and oxygen atoms in total. The van der Waals surface area contributed by atoms with Crippen LogP contribution in [-0.4, -0.2) is 43.0 Å². The summed E-state index contributed by atoms with van der Waals surface area (Å²) in [5, 5.41) is 3.08. The Hall–Kier alpha value is -0.610. The molecule has 0 aliphatic heterocycles. The number of nitrogens with zero attached hydrogens (tertiary/aromatic N) is 1.